The van der Waals surface area contributed by atoms with E-state index in [9.17, 15) is 0 Å². The maximum Gasteiger partial charge on any atom is 0.193 e. The van der Waals surface area contributed by atoms with Gasteiger partial charge in [-0.3, -0.25) is 9.88 Å². The molecule has 1 aromatic heterocycles. The molecule has 2 heterocycles. The molecule has 0 radical (unpaired) electrons. The third-order valence-corrected chi connectivity index (χ3v) is 5.00. The topological polar surface area (TPSA) is 43.8 Å². The molecule has 138 valence electrons. The van der Waals surface area contributed by atoms with Crippen molar-refractivity contribution in [2.24, 2.45) is 10.9 Å². The van der Waals surface area contributed by atoms with Crippen LogP contribution in [0.25, 0.3) is 0 Å². The number of hydrogen-bond donors (Lipinski definition) is 1. The lowest BCUT2D eigenvalue weighted by Crippen LogP contribution is -2.40. The van der Waals surface area contributed by atoms with Gasteiger partial charge in [0.25, 0.3) is 0 Å². The van der Waals surface area contributed by atoms with Gasteiger partial charge in [-0.25, -0.2) is 4.99 Å². The molecule has 1 fully saturated rings. The van der Waals surface area contributed by atoms with Crippen molar-refractivity contribution in [1.29, 1.82) is 0 Å². The Balaban J connectivity index is 1.65. The predicted octanol–water partition coefficient (Wildman–Crippen LogP) is 2.78. The van der Waals surface area contributed by atoms with Crippen molar-refractivity contribution in [3.05, 3.63) is 66.0 Å². The van der Waals surface area contributed by atoms with Gasteiger partial charge < -0.3 is 10.2 Å². The molecule has 3 rings (SSSR count). The van der Waals surface area contributed by atoms with Crippen LogP contribution < -0.4 is 5.32 Å². The van der Waals surface area contributed by atoms with Gasteiger partial charge in [-0.15, -0.1) is 0 Å². The van der Waals surface area contributed by atoms with Gasteiger partial charge >= 0.3 is 0 Å². The van der Waals surface area contributed by atoms with Crippen LogP contribution in [-0.2, 0) is 6.54 Å². The fourth-order valence-electron chi connectivity index (χ4n) is 3.64. The summed E-state index contributed by atoms with van der Waals surface area (Å²) >= 11 is 0. The summed E-state index contributed by atoms with van der Waals surface area (Å²) < 4.78 is 0. The zero-order valence-corrected chi connectivity index (χ0v) is 16.0. The lowest BCUT2D eigenvalue weighted by molar-refractivity contribution is 0.275. The van der Waals surface area contributed by atoms with Crippen LogP contribution in [0.4, 0.5) is 0 Å². The van der Waals surface area contributed by atoms with E-state index in [-0.39, 0.29) is 0 Å². The smallest absolute Gasteiger partial charge is 0.193 e. The highest BCUT2D eigenvalue weighted by Gasteiger charge is 2.33. The Morgan fingerprint density at radius 1 is 1.23 bits per heavy atom. The van der Waals surface area contributed by atoms with Crippen molar-refractivity contribution in [2.75, 3.05) is 34.2 Å². The average molecular weight is 351 g/mol. The zero-order chi connectivity index (χ0) is 18.4. The standard InChI is InChI=1S/C21H29N5/c1-25(2)21(23-14-17-8-5-4-6-9-17)24-16-19-11-13-26(3)20(19)18-10-7-12-22-15-18/h4-10,12,15,19-20H,11,13-14,16H2,1-3H3,(H,23,24)/t19-,20-/m0/s1. The average Bonchev–Trinajstić information content (AvgIpc) is 3.03. The van der Waals surface area contributed by atoms with E-state index in [4.69, 9.17) is 4.99 Å². The van der Waals surface area contributed by atoms with Gasteiger partial charge in [-0.1, -0.05) is 36.4 Å². The minimum Gasteiger partial charge on any atom is -0.356 e. The molecule has 2 aromatic rings. The molecule has 26 heavy (non-hydrogen) atoms. The summed E-state index contributed by atoms with van der Waals surface area (Å²) in [6.07, 6.45) is 5.02. The summed E-state index contributed by atoms with van der Waals surface area (Å²) in [5.41, 5.74) is 2.52. The molecule has 1 aromatic carbocycles. The second-order valence-electron chi connectivity index (χ2n) is 7.16. The van der Waals surface area contributed by atoms with Gasteiger partial charge in [-0.2, -0.15) is 0 Å². The van der Waals surface area contributed by atoms with E-state index in [1.165, 1.54) is 17.5 Å². The number of aliphatic imine (C=N–C) groups is 1. The monoisotopic (exact) mass is 351 g/mol. The Kier molecular flexibility index (Phi) is 6.23. The van der Waals surface area contributed by atoms with Gasteiger partial charge in [0.15, 0.2) is 5.96 Å². The highest BCUT2D eigenvalue weighted by atomic mass is 15.3. The SMILES string of the molecule is CN(C)C(=NCc1ccccc1)NC[C@@H]1CCN(C)[C@H]1c1cccnc1. The second-order valence-corrected chi connectivity index (χ2v) is 7.16. The first-order valence-corrected chi connectivity index (χ1v) is 9.25. The normalized spacial score (nSPS) is 21.0. The maximum absolute atomic E-state index is 4.78. The Morgan fingerprint density at radius 2 is 2.04 bits per heavy atom. The summed E-state index contributed by atoms with van der Waals surface area (Å²) in [6.45, 7) is 2.72. The summed E-state index contributed by atoms with van der Waals surface area (Å²) in [5, 5.41) is 3.58. The first-order valence-electron chi connectivity index (χ1n) is 9.25. The predicted molar refractivity (Wildman–Crippen MR) is 107 cm³/mol. The number of hydrogen-bond acceptors (Lipinski definition) is 3. The lowest BCUT2D eigenvalue weighted by atomic mass is 9.95. The minimum atomic E-state index is 0.411. The Hall–Kier alpha value is -2.40. The third kappa shape index (κ3) is 4.61. The molecule has 0 aliphatic carbocycles. The van der Waals surface area contributed by atoms with E-state index in [0.29, 0.717) is 18.5 Å². The number of nitrogens with zero attached hydrogens (tertiary/aromatic N) is 4. The minimum absolute atomic E-state index is 0.411. The molecule has 1 aliphatic heterocycles. The van der Waals surface area contributed by atoms with Crippen molar-refractivity contribution >= 4 is 5.96 Å². The summed E-state index contributed by atoms with van der Waals surface area (Å²) in [6, 6.07) is 15.0. The fourth-order valence-corrected chi connectivity index (χ4v) is 3.64. The van der Waals surface area contributed by atoms with Crippen LogP contribution in [0.5, 0.6) is 0 Å². The molecule has 5 nitrogen and oxygen atoms in total. The van der Waals surface area contributed by atoms with Crippen LogP contribution in [0.2, 0.25) is 0 Å². The first kappa shape index (κ1) is 18.4. The number of guanidine groups is 1. The Morgan fingerprint density at radius 3 is 2.73 bits per heavy atom. The quantitative estimate of drug-likeness (QED) is 0.664. The molecule has 5 heteroatoms. The van der Waals surface area contributed by atoms with Crippen LogP contribution >= 0.6 is 0 Å². The van der Waals surface area contributed by atoms with Gasteiger partial charge in [0.05, 0.1) is 6.54 Å². The van der Waals surface area contributed by atoms with Gasteiger partial charge in [-0.05, 0) is 43.1 Å². The number of aromatic nitrogens is 1. The molecule has 1 saturated heterocycles. The molecule has 1 N–H and O–H groups in total. The zero-order valence-electron chi connectivity index (χ0n) is 16.0. The molecule has 0 saturated carbocycles. The fraction of sp³-hybridized carbons (Fsp3) is 0.429. The van der Waals surface area contributed by atoms with E-state index < -0.39 is 0 Å². The van der Waals surface area contributed by atoms with Crippen LogP contribution in [0.15, 0.2) is 59.9 Å². The van der Waals surface area contributed by atoms with Gasteiger partial charge in [0.1, 0.15) is 0 Å². The van der Waals surface area contributed by atoms with Gasteiger partial charge in [0.2, 0.25) is 0 Å². The van der Waals surface area contributed by atoms with Crippen LogP contribution in [0.3, 0.4) is 0 Å². The molecule has 0 bridgehead atoms. The van der Waals surface area contributed by atoms with Crippen LogP contribution in [-0.4, -0.2) is 55.0 Å². The molecule has 0 unspecified atom stereocenters. The van der Waals surface area contributed by atoms with Crippen molar-refractivity contribution in [3.8, 4) is 0 Å². The van der Waals surface area contributed by atoms with Crippen molar-refractivity contribution in [1.82, 2.24) is 20.1 Å². The number of likely N-dealkylation sites (tertiary alicyclic amines) is 1. The van der Waals surface area contributed by atoms with Crippen LogP contribution in [0, 0.1) is 5.92 Å². The Bertz CT molecular complexity index is 699. The Labute approximate surface area is 156 Å². The lowest BCUT2D eigenvalue weighted by Gasteiger charge is -2.27. The maximum atomic E-state index is 4.78. The van der Waals surface area contributed by atoms with E-state index in [1.54, 1.807) is 0 Å². The number of rotatable bonds is 5. The summed E-state index contributed by atoms with van der Waals surface area (Å²) in [4.78, 5) is 13.6. The third-order valence-electron chi connectivity index (χ3n) is 5.00. The van der Waals surface area contributed by atoms with E-state index in [0.717, 1.165) is 19.0 Å². The first-order chi connectivity index (χ1) is 12.6. The molecule has 1 aliphatic rings. The molecular weight excluding hydrogens is 322 g/mol. The second kappa shape index (κ2) is 8.81. The van der Waals surface area contributed by atoms with E-state index >= 15 is 0 Å². The number of pyridine rings is 1. The number of nitrogens with one attached hydrogen (secondary N) is 1. The highest BCUT2D eigenvalue weighted by Crippen LogP contribution is 2.35. The summed E-state index contributed by atoms with van der Waals surface area (Å²) in [7, 11) is 6.28. The van der Waals surface area contributed by atoms with Crippen molar-refractivity contribution < 1.29 is 0 Å². The summed E-state index contributed by atoms with van der Waals surface area (Å²) in [5.74, 6) is 1.49. The molecule has 0 amide bonds. The van der Waals surface area contributed by atoms with Crippen molar-refractivity contribution in [2.45, 2.75) is 19.0 Å². The van der Waals surface area contributed by atoms with E-state index in [2.05, 4.69) is 57.5 Å². The van der Waals surface area contributed by atoms with E-state index in [1.807, 2.05) is 38.6 Å². The molecule has 0 spiro atoms. The number of benzene rings is 1. The largest absolute Gasteiger partial charge is 0.356 e. The highest BCUT2D eigenvalue weighted by molar-refractivity contribution is 5.79. The van der Waals surface area contributed by atoms with Crippen molar-refractivity contribution in [3.63, 3.8) is 0 Å². The van der Waals surface area contributed by atoms with Crippen LogP contribution in [0.1, 0.15) is 23.6 Å². The molecular formula is C21H29N5. The molecule has 2 atom stereocenters. The van der Waals surface area contributed by atoms with Gasteiger partial charge in [0, 0.05) is 39.1 Å².